The molecule has 1 aromatic carbocycles. The van der Waals surface area contributed by atoms with Crippen LogP contribution in [0.3, 0.4) is 0 Å². The third kappa shape index (κ3) is 4.16. The summed E-state index contributed by atoms with van der Waals surface area (Å²) in [6, 6.07) is 2.23. The smallest absolute Gasteiger partial charge is 0.355 e. The minimum atomic E-state index is -1.35. The molecule has 0 bridgehead atoms. The molecular formula is C23H23N5O8S. The summed E-state index contributed by atoms with van der Waals surface area (Å²) in [6.07, 6.45) is 0. The van der Waals surface area contributed by atoms with Gasteiger partial charge in [0, 0.05) is 31.0 Å². The molecule has 1 aromatic rings. The van der Waals surface area contributed by atoms with Gasteiger partial charge >= 0.3 is 23.8 Å². The van der Waals surface area contributed by atoms with Crippen molar-refractivity contribution < 1.29 is 38.6 Å². The molecule has 14 heteroatoms. The van der Waals surface area contributed by atoms with E-state index in [2.05, 4.69) is 10.6 Å². The molecule has 4 aliphatic rings. The van der Waals surface area contributed by atoms with Crippen LogP contribution < -0.4 is 10.6 Å². The number of likely N-dealkylation sites (N-methyl/N-ethyl adjacent to an activating group) is 1. The maximum absolute atomic E-state index is 13.4. The number of aromatic hydroxyl groups is 1. The number of urea groups is 1. The zero-order valence-corrected chi connectivity index (χ0v) is 20.4. The Labute approximate surface area is 214 Å². The summed E-state index contributed by atoms with van der Waals surface area (Å²) in [5, 5.41) is 14.2. The van der Waals surface area contributed by atoms with Gasteiger partial charge in [-0.05, 0) is 24.6 Å². The first-order valence-electron chi connectivity index (χ1n) is 11.6. The summed E-state index contributed by atoms with van der Waals surface area (Å²) in [5.41, 5.74) is 1.22. The number of hydrogen-bond acceptors (Lipinski definition) is 9. The third-order valence-corrected chi connectivity index (χ3v) is 7.95. The van der Waals surface area contributed by atoms with E-state index in [9.17, 15) is 33.9 Å². The van der Waals surface area contributed by atoms with Crippen LogP contribution in [0.4, 0.5) is 4.79 Å². The van der Waals surface area contributed by atoms with Crippen molar-refractivity contribution in [2.45, 2.75) is 24.4 Å². The SMILES string of the molecule is CCN1CCN(C(=O)N[C@@H](C(=O)N[C@@H]2C(=O)N3C4=C(COC4=O)CS[C@@H]23)c2ccc(O)cc2)C(=O)C1=O. The highest BCUT2D eigenvalue weighted by Crippen LogP contribution is 2.42. The second-order valence-corrected chi connectivity index (χ2v) is 9.84. The Morgan fingerprint density at radius 2 is 1.86 bits per heavy atom. The second kappa shape index (κ2) is 9.42. The Morgan fingerprint density at radius 3 is 2.57 bits per heavy atom. The molecule has 0 saturated carbocycles. The Hall–Kier alpha value is -4.07. The number of esters is 1. The molecule has 0 unspecified atom stereocenters. The third-order valence-electron chi connectivity index (χ3n) is 6.61. The number of thioether (sulfide) groups is 1. The van der Waals surface area contributed by atoms with Gasteiger partial charge in [0.15, 0.2) is 0 Å². The lowest BCUT2D eigenvalue weighted by Crippen LogP contribution is -2.71. The zero-order valence-electron chi connectivity index (χ0n) is 19.6. The number of ether oxygens (including phenoxy) is 1. The topological polar surface area (TPSA) is 166 Å². The van der Waals surface area contributed by atoms with E-state index >= 15 is 0 Å². The lowest BCUT2D eigenvalue weighted by molar-refractivity contribution is -0.153. The molecule has 0 aliphatic carbocycles. The van der Waals surface area contributed by atoms with Crippen molar-refractivity contribution in [3.63, 3.8) is 0 Å². The number of nitrogens with zero attached hydrogens (tertiary/aromatic N) is 3. The van der Waals surface area contributed by atoms with Crippen LogP contribution in [-0.4, -0.2) is 98.8 Å². The Bertz CT molecular complexity index is 1250. The molecule has 3 atom stereocenters. The van der Waals surface area contributed by atoms with Gasteiger partial charge in [-0.1, -0.05) is 12.1 Å². The summed E-state index contributed by atoms with van der Waals surface area (Å²) in [4.78, 5) is 79.3. The zero-order chi connectivity index (χ0) is 26.4. The van der Waals surface area contributed by atoms with Crippen molar-refractivity contribution in [1.29, 1.82) is 0 Å². The maximum Gasteiger partial charge on any atom is 0.355 e. The molecule has 0 spiro atoms. The van der Waals surface area contributed by atoms with E-state index in [0.29, 0.717) is 12.3 Å². The molecule has 2 fully saturated rings. The van der Waals surface area contributed by atoms with Crippen LogP contribution in [0.15, 0.2) is 35.5 Å². The molecule has 13 nitrogen and oxygen atoms in total. The standard InChI is InChI=1S/C23H23N5O8S/c1-2-26-7-8-27(20(33)19(26)32)23(35)25-14(11-3-5-13(29)6-4-11)17(30)24-15-18(31)28-16-12(9-36-22(16)34)10-37-21(15)28/h3-6,14-15,21,29H,2,7-10H2,1H3,(H,24,30)(H,25,35)/t14-,15-,21+/m1/s1. The minimum Gasteiger partial charge on any atom is -0.508 e. The Kier molecular flexibility index (Phi) is 6.27. The molecule has 3 N–H and O–H groups in total. The number of hydrogen-bond donors (Lipinski definition) is 3. The number of β-lactam (4-membered cyclic amide) rings is 1. The van der Waals surface area contributed by atoms with Crippen LogP contribution in [0.25, 0.3) is 0 Å². The number of benzene rings is 1. The fourth-order valence-electron chi connectivity index (χ4n) is 4.58. The fourth-order valence-corrected chi connectivity index (χ4v) is 5.91. The number of fused-ring (bicyclic) bond motifs is 2. The normalized spacial score (nSPS) is 23.8. The Balaban J connectivity index is 1.33. The fraction of sp³-hybridized carbons (Fsp3) is 0.391. The summed E-state index contributed by atoms with van der Waals surface area (Å²) >= 11 is 1.38. The predicted molar refractivity (Wildman–Crippen MR) is 126 cm³/mol. The molecule has 4 aliphatic heterocycles. The molecule has 6 amide bonds. The van der Waals surface area contributed by atoms with Gasteiger partial charge in [0.1, 0.15) is 35.5 Å². The Morgan fingerprint density at radius 1 is 1.14 bits per heavy atom. The van der Waals surface area contributed by atoms with Crippen LogP contribution in [-0.2, 0) is 28.7 Å². The van der Waals surface area contributed by atoms with E-state index in [4.69, 9.17) is 4.74 Å². The van der Waals surface area contributed by atoms with Gasteiger partial charge in [0.2, 0.25) is 5.91 Å². The van der Waals surface area contributed by atoms with Crippen LogP contribution in [0.5, 0.6) is 5.75 Å². The number of cyclic esters (lactones) is 1. The van der Waals surface area contributed by atoms with E-state index in [1.54, 1.807) is 6.92 Å². The van der Waals surface area contributed by atoms with Gasteiger partial charge in [0.25, 0.3) is 5.91 Å². The van der Waals surface area contributed by atoms with E-state index < -0.39 is 53.1 Å². The van der Waals surface area contributed by atoms with Crippen molar-refractivity contribution in [3.05, 3.63) is 41.1 Å². The summed E-state index contributed by atoms with van der Waals surface area (Å²) in [7, 11) is 0. The van der Waals surface area contributed by atoms with Crippen molar-refractivity contribution in [1.82, 2.24) is 25.3 Å². The van der Waals surface area contributed by atoms with Crippen molar-refractivity contribution in [2.24, 2.45) is 0 Å². The number of carbonyl (C=O) groups excluding carboxylic acids is 6. The summed E-state index contributed by atoms with van der Waals surface area (Å²) < 4.78 is 5.02. The summed E-state index contributed by atoms with van der Waals surface area (Å²) in [6.45, 7) is 2.29. The first-order valence-corrected chi connectivity index (χ1v) is 12.6. The first-order chi connectivity index (χ1) is 17.7. The average Bonchev–Trinajstić information content (AvgIpc) is 3.26. The molecule has 0 radical (unpaired) electrons. The first kappa shape index (κ1) is 24.6. The van der Waals surface area contributed by atoms with Crippen molar-refractivity contribution in [3.8, 4) is 5.75 Å². The lowest BCUT2D eigenvalue weighted by Gasteiger charge is -2.48. The molecule has 194 valence electrons. The number of nitrogens with one attached hydrogen (secondary N) is 2. The van der Waals surface area contributed by atoms with Crippen LogP contribution in [0.1, 0.15) is 18.5 Å². The van der Waals surface area contributed by atoms with Crippen LogP contribution in [0, 0.1) is 0 Å². The lowest BCUT2D eigenvalue weighted by atomic mass is 10.0. The minimum absolute atomic E-state index is 0.0451. The van der Waals surface area contributed by atoms with E-state index in [-0.39, 0.29) is 36.7 Å². The molecule has 5 rings (SSSR count). The largest absolute Gasteiger partial charge is 0.508 e. The van der Waals surface area contributed by atoms with E-state index in [1.165, 1.54) is 45.8 Å². The van der Waals surface area contributed by atoms with Crippen molar-refractivity contribution in [2.75, 3.05) is 32.0 Å². The number of amides is 6. The van der Waals surface area contributed by atoms with E-state index in [1.807, 2.05) is 0 Å². The van der Waals surface area contributed by atoms with Crippen molar-refractivity contribution >= 4 is 47.4 Å². The van der Waals surface area contributed by atoms with Crippen LogP contribution >= 0.6 is 11.8 Å². The van der Waals surface area contributed by atoms with Gasteiger partial charge in [-0.3, -0.25) is 29.0 Å². The molecule has 37 heavy (non-hydrogen) atoms. The maximum atomic E-state index is 13.4. The monoisotopic (exact) mass is 529 g/mol. The predicted octanol–water partition coefficient (Wildman–Crippen LogP) is -0.956. The quantitative estimate of drug-likeness (QED) is 0.248. The van der Waals surface area contributed by atoms with Gasteiger partial charge in [0.05, 0.1) is 0 Å². The van der Waals surface area contributed by atoms with Gasteiger partial charge in [-0.15, -0.1) is 11.8 Å². The number of imide groups is 1. The van der Waals surface area contributed by atoms with Crippen LogP contribution in [0.2, 0.25) is 0 Å². The second-order valence-electron chi connectivity index (χ2n) is 8.74. The molecule has 4 heterocycles. The number of piperazine rings is 1. The molecule has 0 aromatic heterocycles. The van der Waals surface area contributed by atoms with E-state index in [0.717, 1.165) is 10.5 Å². The summed E-state index contributed by atoms with van der Waals surface area (Å²) in [5.74, 6) is -3.22. The highest BCUT2D eigenvalue weighted by atomic mass is 32.2. The van der Waals surface area contributed by atoms with Gasteiger partial charge < -0.3 is 25.4 Å². The average molecular weight is 530 g/mol. The highest BCUT2D eigenvalue weighted by molar-refractivity contribution is 8.00. The number of phenols is 1. The highest BCUT2D eigenvalue weighted by Gasteiger charge is 2.56. The number of rotatable bonds is 5. The number of phenolic OH excluding ortho intramolecular Hbond substituents is 1. The molecule has 2 saturated heterocycles. The van der Waals surface area contributed by atoms with Gasteiger partial charge in [-0.2, -0.15) is 0 Å². The van der Waals surface area contributed by atoms with Gasteiger partial charge in [-0.25, -0.2) is 9.59 Å². The molecular weight excluding hydrogens is 506 g/mol. The number of carbonyl (C=O) groups is 6.